The summed E-state index contributed by atoms with van der Waals surface area (Å²) >= 11 is 5.86. The summed E-state index contributed by atoms with van der Waals surface area (Å²) in [6.45, 7) is 2.13. The molecule has 1 N–H and O–H groups in total. The van der Waals surface area contributed by atoms with Crippen molar-refractivity contribution in [1.82, 2.24) is 0 Å². The lowest BCUT2D eigenvalue weighted by Crippen LogP contribution is -2.01. The SMILES string of the molecule is Cc1ccc(CNc2ccc(Cl)c(C#N)c2)cc1[N+](=O)[O-]. The highest BCUT2D eigenvalue weighted by Crippen LogP contribution is 2.22. The molecule has 0 aromatic heterocycles. The summed E-state index contributed by atoms with van der Waals surface area (Å²) in [5.74, 6) is 0. The summed E-state index contributed by atoms with van der Waals surface area (Å²) < 4.78 is 0. The summed E-state index contributed by atoms with van der Waals surface area (Å²) in [6.07, 6.45) is 0. The van der Waals surface area contributed by atoms with Crippen molar-refractivity contribution in [2.75, 3.05) is 5.32 Å². The Balaban J connectivity index is 2.15. The van der Waals surface area contributed by atoms with E-state index in [0.29, 0.717) is 22.7 Å². The van der Waals surface area contributed by atoms with Crippen LogP contribution in [0.25, 0.3) is 0 Å². The van der Waals surface area contributed by atoms with E-state index in [4.69, 9.17) is 16.9 Å². The minimum Gasteiger partial charge on any atom is -0.381 e. The van der Waals surface area contributed by atoms with Gasteiger partial charge in [0.25, 0.3) is 5.69 Å². The number of nitrogens with one attached hydrogen (secondary N) is 1. The molecule has 6 heteroatoms. The van der Waals surface area contributed by atoms with Crippen LogP contribution in [-0.4, -0.2) is 4.92 Å². The van der Waals surface area contributed by atoms with Crippen LogP contribution in [0.15, 0.2) is 36.4 Å². The molecule has 2 rings (SSSR count). The van der Waals surface area contributed by atoms with Crippen LogP contribution in [0.3, 0.4) is 0 Å². The summed E-state index contributed by atoms with van der Waals surface area (Å²) in [6, 6.07) is 12.1. The molecule has 0 fully saturated rings. The van der Waals surface area contributed by atoms with Crippen LogP contribution in [0.2, 0.25) is 5.02 Å². The second-order valence-electron chi connectivity index (χ2n) is 4.54. The van der Waals surface area contributed by atoms with Crippen LogP contribution >= 0.6 is 11.6 Å². The van der Waals surface area contributed by atoms with Gasteiger partial charge in [0.1, 0.15) is 6.07 Å². The number of aryl methyl sites for hydroxylation is 1. The lowest BCUT2D eigenvalue weighted by Gasteiger charge is -2.08. The largest absolute Gasteiger partial charge is 0.381 e. The Labute approximate surface area is 126 Å². The Bertz CT molecular complexity index is 738. The maximum Gasteiger partial charge on any atom is 0.272 e. The highest BCUT2D eigenvalue weighted by molar-refractivity contribution is 6.31. The maximum absolute atomic E-state index is 10.9. The Morgan fingerprint density at radius 3 is 2.76 bits per heavy atom. The Morgan fingerprint density at radius 1 is 1.33 bits per heavy atom. The van der Waals surface area contributed by atoms with Gasteiger partial charge >= 0.3 is 0 Å². The maximum atomic E-state index is 10.9. The molecule has 0 aliphatic rings. The fourth-order valence-electron chi connectivity index (χ4n) is 1.89. The van der Waals surface area contributed by atoms with Gasteiger partial charge in [-0.05, 0) is 30.7 Å². The molecule has 5 nitrogen and oxygen atoms in total. The number of hydrogen-bond acceptors (Lipinski definition) is 4. The van der Waals surface area contributed by atoms with Crippen LogP contribution < -0.4 is 5.32 Å². The van der Waals surface area contributed by atoms with Gasteiger partial charge in [-0.2, -0.15) is 5.26 Å². The van der Waals surface area contributed by atoms with Gasteiger partial charge in [0.2, 0.25) is 0 Å². The minimum absolute atomic E-state index is 0.100. The van der Waals surface area contributed by atoms with Gasteiger partial charge in [0.15, 0.2) is 0 Å². The third-order valence-electron chi connectivity index (χ3n) is 3.05. The second kappa shape index (κ2) is 6.25. The molecule has 0 aliphatic carbocycles. The predicted molar refractivity (Wildman–Crippen MR) is 81.3 cm³/mol. The molecular weight excluding hydrogens is 290 g/mol. The first-order valence-corrected chi connectivity index (χ1v) is 6.56. The lowest BCUT2D eigenvalue weighted by atomic mass is 10.1. The number of anilines is 1. The number of benzene rings is 2. The average molecular weight is 302 g/mol. The van der Waals surface area contributed by atoms with Gasteiger partial charge < -0.3 is 5.32 Å². The van der Waals surface area contributed by atoms with Crippen molar-refractivity contribution in [3.05, 3.63) is 68.2 Å². The van der Waals surface area contributed by atoms with Gasteiger partial charge in [0.05, 0.1) is 15.5 Å². The van der Waals surface area contributed by atoms with Crippen LogP contribution in [-0.2, 0) is 6.54 Å². The first kappa shape index (κ1) is 14.8. The van der Waals surface area contributed by atoms with Crippen molar-refractivity contribution in [3.8, 4) is 6.07 Å². The molecule has 0 amide bonds. The number of hydrogen-bond donors (Lipinski definition) is 1. The summed E-state index contributed by atoms with van der Waals surface area (Å²) in [5.41, 5.74) is 2.64. The molecule has 0 saturated carbocycles. The number of rotatable bonds is 4. The molecular formula is C15H12ClN3O2. The van der Waals surface area contributed by atoms with Crippen LogP contribution in [0.1, 0.15) is 16.7 Å². The van der Waals surface area contributed by atoms with E-state index in [9.17, 15) is 10.1 Å². The molecule has 0 radical (unpaired) electrons. The average Bonchev–Trinajstić information content (AvgIpc) is 2.47. The predicted octanol–water partition coefficient (Wildman–Crippen LogP) is 4.04. The van der Waals surface area contributed by atoms with E-state index in [1.165, 1.54) is 0 Å². The van der Waals surface area contributed by atoms with E-state index in [2.05, 4.69) is 5.32 Å². The zero-order valence-electron chi connectivity index (χ0n) is 11.3. The van der Waals surface area contributed by atoms with E-state index in [-0.39, 0.29) is 5.69 Å². The van der Waals surface area contributed by atoms with Gasteiger partial charge in [-0.1, -0.05) is 23.7 Å². The fourth-order valence-corrected chi connectivity index (χ4v) is 2.05. The number of nitriles is 1. The first-order chi connectivity index (χ1) is 10.0. The number of halogens is 1. The molecule has 0 heterocycles. The first-order valence-electron chi connectivity index (χ1n) is 6.18. The zero-order valence-corrected chi connectivity index (χ0v) is 12.0. The number of nitro benzene ring substituents is 1. The van der Waals surface area contributed by atoms with Crippen molar-refractivity contribution in [2.45, 2.75) is 13.5 Å². The monoisotopic (exact) mass is 301 g/mol. The number of nitro groups is 1. The van der Waals surface area contributed by atoms with E-state index in [0.717, 1.165) is 11.3 Å². The van der Waals surface area contributed by atoms with Crippen molar-refractivity contribution >= 4 is 23.0 Å². The fraction of sp³-hybridized carbons (Fsp3) is 0.133. The Kier molecular flexibility index (Phi) is 4.41. The molecule has 0 spiro atoms. The molecule has 106 valence electrons. The highest BCUT2D eigenvalue weighted by Gasteiger charge is 2.10. The van der Waals surface area contributed by atoms with Crippen molar-refractivity contribution < 1.29 is 4.92 Å². The summed E-state index contributed by atoms with van der Waals surface area (Å²) in [4.78, 5) is 10.5. The van der Waals surface area contributed by atoms with Crippen LogP contribution in [0, 0.1) is 28.4 Å². The van der Waals surface area contributed by atoms with Crippen molar-refractivity contribution in [1.29, 1.82) is 5.26 Å². The molecule has 0 saturated heterocycles. The van der Waals surface area contributed by atoms with E-state index in [1.807, 2.05) is 12.1 Å². The summed E-state index contributed by atoms with van der Waals surface area (Å²) in [5, 5.41) is 23.3. The summed E-state index contributed by atoms with van der Waals surface area (Å²) in [7, 11) is 0. The van der Waals surface area contributed by atoms with Gasteiger partial charge in [-0.15, -0.1) is 0 Å². The highest BCUT2D eigenvalue weighted by atomic mass is 35.5. The van der Waals surface area contributed by atoms with E-state index >= 15 is 0 Å². The molecule has 0 aliphatic heterocycles. The molecule has 2 aromatic rings. The standard InChI is InChI=1S/C15H12ClN3O2/c1-10-2-3-11(6-15(10)19(20)21)9-18-13-4-5-14(16)12(7-13)8-17/h2-7,18H,9H2,1H3. The quantitative estimate of drug-likeness (QED) is 0.682. The molecule has 0 bridgehead atoms. The third-order valence-corrected chi connectivity index (χ3v) is 3.38. The van der Waals surface area contributed by atoms with Crippen LogP contribution in [0.5, 0.6) is 0 Å². The normalized spacial score (nSPS) is 9.95. The van der Waals surface area contributed by atoms with Crippen molar-refractivity contribution in [2.24, 2.45) is 0 Å². The zero-order chi connectivity index (χ0) is 15.4. The van der Waals surface area contributed by atoms with Gasteiger partial charge in [-0.3, -0.25) is 10.1 Å². The Hall–Kier alpha value is -2.58. The van der Waals surface area contributed by atoms with E-state index in [1.54, 1.807) is 37.3 Å². The molecule has 0 atom stereocenters. The van der Waals surface area contributed by atoms with Gasteiger partial charge in [-0.25, -0.2) is 0 Å². The second-order valence-corrected chi connectivity index (χ2v) is 4.95. The van der Waals surface area contributed by atoms with Crippen LogP contribution in [0.4, 0.5) is 11.4 Å². The van der Waals surface area contributed by atoms with Crippen molar-refractivity contribution in [3.63, 3.8) is 0 Å². The molecule has 0 unspecified atom stereocenters. The molecule has 21 heavy (non-hydrogen) atoms. The Morgan fingerprint density at radius 2 is 2.10 bits per heavy atom. The third kappa shape index (κ3) is 3.50. The van der Waals surface area contributed by atoms with Gasteiger partial charge in [0, 0.05) is 23.9 Å². The topological polar surface area (TPSA) is 79.0 Å². The molecule has 2 aromatic carbocycles. The minimum atomic E-state index is -0.394. The smallest absolute Gasteiger partial charge is 0.272 e. The lowest BCUT2D eigenvalue weighted by molar-refractivity contribution is -0.385. The van der Waals surface area contributed by atoms with E-state index < -0.39 is 4.92 Å². The number of nitrogens with zero attached hydrogens (tertiary/aromatic N) is 2.